The van der Waals surface area contributed by atoms with Gasteiger partial charge in [0.2, 0.25) is 0 Å². The van der Waals surface area contributed by atoms with Crippen molar-refractivity contribution in [2.24, 2.45) is 0 Å². The summed E-state index contributed by atoms with van der Waals surface area (Å²) in [6.45, 7) is 10.5. The molecular formula is C24H34BrN7O3Si. The van der Waals surface area contributed by atoms with Crippen LogP contribution in [0.3, 0.4) is 0 Å². The van der Waals surface area contributed by atoms with Crippen molar-refractivity contribution in [3.63, 3.8) is 0 Å². The molecule has 4 rings (SSSR count). The predicted octanol–water partition coefficient (Wildman–Crippen LogP) is 4.93. The molecule has 1 fully saturated rings. The first kappa shape index (κ1) is 26.5. The lowest BCUT2D eigenvalue weighted by Gasteiger charge is -2.40. The molecule has 1 amide bonds. The van der Waals surface area contributed by atoms with Gasteiger partial charge in [0.1, 0.15) is 17.8 Å². The second-order valence-electron chi connectivity index (χ2n) is 10.6. The lowest BCUT2D eigenvalue weighted by atomic mass is 9.97. The van der Waals surface area contributed by atoms with E-state index in [4.69, 9.17) is 4.74 Å². The molecule has 2 atom stereocenters. The van der Waals surface area contributed by atoms with Gasteiger partial charge in [-0.3, -0.25) is 0 Å². The number of hydrogen-bond donors (Lipinski definition) is 1. The van der Waals surface area contributed by atoms with Gasteiger partial charge in [-0.1, -0.05) is 24.9 Å². The van der Waals surface area contributed by atoms with E-state index >= 15 is 0 Å². The highest BCUT2D eigenvalue weighted by Crippen LogP contribution is 2.32. The van der Waals surface area contributed by atoms with Crippen molar-refractivity contribution < 1.29 is 14.6 Å². The molecule has 0 saturated carbocycles. The number of benzene rings is 1. The number of piperidine rings is 1. The van der Waals surface area contributed by atoms with Crippen LogP contribution in [-0.4, -0.2) is 81.6 Å². The van der Waals surface area contributed by atoms with Gasteiger partial charge in [0.15, 0.2) is 5.82 Å². The zero-order valence-electron chi connectivity index (χ0n) is 21.5. The molecule has 0 radical (unpaired) electrons. The molecule has 2 aromatic heterocycles. The predicted molar refractivity (Wildman–Crippen MR) is 146 cm³/mol. The largest absolute Gasteiger partial charge is 0.465 e. The molecule has 2 unspecified atom stereocenters. The summed E-state index contributed by atoms with van der Waals surface area (Å²) in [6.07, 6.45) is 0.651. The van der Waals surface area contributed by atoms with E-state index in [9.17, 15) is 9.90 Å². The number of ether oxygens (including phenoxy) is 1. The molecule has 1 aliphatic heterocycles. The van der Waals surface area contributed by atoms with E-state index in [1.54, 1.807) is 4.68 Å². The smallest absolute Gasteiger partial charge is 0.407 e. The second kappa shape index (κ2) is 10.8. The molecule has 1 aliphatic rings. The molecule has 194 valence electrons. The van der Waals surface area contributed by atoms with Crippen molar-refractivity contribution in [1.29, 1.82) is 0 Å². The van der Waals surface area contributed by atoms with Gasteiger partial charge in [-0.15, -0.1) is 15.3 Å². The number of anilines is 1. The first-order valence-corrected chi connectivity index (χ1v) is 16.7. The van der Waals surface area contributed by atoms with E-state index in [0.717, 1.165) is 51.5 Å². The fourth-order valence-corrected chi connectivity index (χ4v) is 5.66. The molecule has 1 saturated heterocycles. The number of fused-ring (bicyclic) bond motifs is 1. The average molecular weight is 577 g/mol. The third kappa shape index (κ3) is 5.87. The number of halogens is 1. The highest BCUT2D eigenvalue weighted by Gasteiger charge is 2.31. The van der Waals surface area contributed by atoms with Gasteiger partial charge in [-0.25, -0.2) is 9.48 Å². The lowest BCUT2D eigenvalue weighted by molar-refractivity contribution is 0.0803. The van der Waals surface area contributed by atoms with E-state index in [-0.39, 0.29) is 12.1 Å². The SMILES string of the molecule is CC1CC(N(C)c2ccc(-c3ccc(Br)c4nnn(COCC[Si](C)(C)C)c34)nn2)CCN1C(=O)O. The molecule has 12 heteroatoms. The van der Waals surface area contributed by atoms with Crippen LogP contribution in [0.1, 0.15) is 19.8 Å². The number of rotatable bonds is 8. The van der Waals surface area contributed by atoms with E-state index in [2.05, 4.69) is 61.0 Å². The number of carboxylic acid groups (broad SMARTS) is 1. The Kier molecular flexibility index (Phi) is 7.96. The van der Waals surface area contributed by atoms with Gasteiger partial charge in [-0.2, -0.15) is 0 Å². The summed E-state index contributed by atoms with van der Waals surface area (Å²) < 4.78 is 8.58. The molecule has 0 bridgehead atoms. The molecular weight excluding hydrogens is 542 g/mol. The van der Waals surface area contributed by atoms with Crippen LogP contribution in [0.4, 0.5) is 10.6 Å². The van der Waals surface area contributed by atoms with Crippen LogP contribution in [0.5, 0.6) is 0 Å². The Hall–Kier alpha value is -2.57. The van der Waals surface area contributed by atoms with Crippen molar-refractivity contribution in [1.82, 2.24) is 30.1 Å². The van der Waals surface area contributed by atoms with Crippen LogP contribution in [0.15, 0.2) is 28.7 Å². The molecule has 1 N–H and O–H groups in total. The van der Waals surface area contributed by atoms with Gasteiger partial charge in [0.05, 0.1) is 5.69 Å². The molecule has 3 heterocycles. The molecule has 36 heavy (non-hydrogen) atoms. The van der Waals surface area contributed by atoms with Gasteiger partial charge >= 0.3 is 6.09 Å². The van der Waals surface area contributed by atoms with Gasteiger partial charge in [-0.05, 0) is 66.0 Å². The maximum Gasteiger partial charge on any atom is 0.407 e. The van der Waals surface area contributed by atoms with Crippen LogP contribution >= 0.6 is 15.9 Å². The summed E-state index contributed by atoms with van der Waals surface area (Å²) in [5.74, 6) is 0.759. The molecule has 0 aliphatic carbocycles. The Bertz CT molecular complexity index is 1210. The summed E-state index contributed by atoms with van der Waals surface area (Å²) in [6, 6.07) is 9.11. The minimum atomic E-state index is -1.17. The van der Waals surface area contributed by atoms with E-state index in [1.165, 1.54) is 4.90 Å². The Morgan fingerprint density at radius 2 is 2.00 bits per heavy atom. The number of amides is 1. The van der Waals surface area contributed by atoms with Crippen molar-refractivity contribution in [3.8, 4) is 11.3 Å². The number of aromatic nitrogens is 5. The Morgan fingerprint density at radius 1 is 1.22 bits per heavy atom. The normalized spacial score (nSPS) is 18.6. The van der Waals surface area contributed by atoms with Crippen LogP contribution < -0.4 is 4.90 Å². The zero-order valence-corrected chi connectivity index (χ0v) is 24.1. The summed E-state index contributed by atoms with van der Waals surface area (Å²) >= 11 is 3.58. The zero-order chi connectivity index (χ0) is 26.0. The number of nitrogens with zero attached hydrogens (tertiary/aromatic N) is 7. The number of carbonyl (C=O) groups is 1. The van der Waals surface area contributed by atoms with Crippen LogP contribution in [0.2, 0.25) is 25.7 Å². The number of likely N-dealkylation sites (tertiary alicyclic amines) is 1. The minimum absolute atomic E-state index is 0.0345. The summed E-state index contributed by atoms with van der Waals surface area (Å²) in [5.41, 5.74) is 3.22. The van der Waals surface area contributed by atoms with E-state index in [1.807, 2.05) is 38.2 Å². The maximum atomic E-state index is 11.4. The maximum absolute atomic E-state index is 11.4. The first-order chi connectivity index (χ1) is 17.0. The third-order valence-electron chi connectivity index (χ3n) is 6.75. The fourth-order valence-electron chi connectivity index (χ4n) is 4.51. The monoisotopic (exact) mass is 575 g/mol. The van der Waals surface area contributed by atoms with E-state index in [0.29, 0.717) is 19.9 Å². The molecule has 3 aromatic rings. The van der Waals surface area contributed by atoms with Crippen LogP contribution in [-0.2, 0) is 11.5 Å². The van der Waals surface area contributed by atoms with Crippen molar-refractivity contribution in [2.45, 2.75) is 64.3 Å². The van der Waals surface area contributed by atoms with E-state index < -0.39 is 14.2 Å². The minimum Gasteiger partial charge on any atom is -0.465 e. The highest BCUT2D eigenvalue weighted by atomic mass is 79.9. The topological polar surface area (TPSA) is 110 Å². The summed E-state index contributed by atoms with van der Waals surface area (Å²) in [7, 11) is 0.818. The molecule has 1 aromatic carbocycles. The van der Waals surface area contributed by atoms with Gasteiger partial charge < -0.3 is 19.6 Å². The molecule has 0 spiro atoms. The van der Waals surface area contributed by atoms with Crippen molar-refractivity contribution in [3.05, 3.63) is 28.7 Å². The van der Waals surface area contributed by atoms with Crippen LogP contribution in [0, 0.1) is 0 Å². The second-order valence-corrected chi connectivity index (χ2v) is 17.1. The highest BCUT2D eigenvalue weighted by molar-refractivity contribution is 9.10. The summed E-state index contributed by atoms with van der Waals surface area (Å²) in [4.78, 5) is 15.0. The Labute approximate surface area is 220 Å². The number of hydrogen-bond acceptors (Lipinski definition) is 7. The van der Waals surface area contributed by atoms with Crippen molar-refractivity contribution in [2.75, 3.05) is 25.1 Å². The first-order valence-electron chi connectivity index (χ1n) is 12.2. The molecule has 10 nitrogen and oxygen atoms in total. The van der Waals surface area contributed by atoms with Gasteiger partial charge in [0.25, 0.3) is 0 Å². The Balaban J connectivity index is 1.52. The summed E-state index contributed by atoms with van der Waals surface area (Å²) in [5, 5.41) is 27.1. The quantitative estimate of drug-likeness (QED) is 0.297. The fraction of sp³-hybridized carbons (Fsp3) is 0.542. The van der Waals surface area contributed by atoms with Crippen molar-refractivity contribution >= 4 is 46.9 Å². The lowest BCUT2D eigenvalue weighted by Crippen LogP contribution is -2.50. The average Bonchev–Trinajstić information content (AvgIpc) is 3.26. The third-order valence-corrected chi connectivity index (χ3v) is 9.10. The van der Waals surface area contributed by atoms with Gasteiger partial charge in [0, 0.05) is 50.4 Å². The Morgan fingerprint density at radius 3 is 2.64 bits per heavy atom. The standard InChI is InChI=1S/C24H34BrN7O3Si/c1-16-14-17(10-11-31(16)24(33)34)30(2)21-9-8-20(26-27-21)18-6-7-19(25)22-23(18)32(29-28-22)15-35-12-13-36(3,4)5/h6-9,16-17H,10-15H2,1-5H3,(H,33,34). The van der Waals surface area contributed by atoms with Crippen LogP contribution in [0.25, 0.3) is 22.3 Å².